The molecule has 0 heterocycles. The second kappa shape index (κ2) is 11.8. The number of nitrogens with one attached hydrogen (secondary N) is 2. The minimum Gasteiger partial charge on any atom is -0.481 e. The van der Waals surface area contributed by atoms with Crippen molar-refractivity contribution in [2.75, 3.05) is 10.6 Å². The monoisotopic (exact) mass is 520 g/mol. The Morgan fingerprint density at radius 1 is 0.605 bits per heavy atom. The van der Waals surface area contributed by atoms with Crippen LogP contribution in [0, 0.1) is 37.5 Å². The fourth-order valence-electron chi connectivity index (χ4n) is 5.90. The van der Waals surface area contributed by atoms with Crippen molar-refractivity contribution in [3.05, 3.63) is 47.5 Å². The van der Waals surface area contributed by atoms with E-state index in [4.69, 9.17) is 0 Å². The van der Waals surface area contributed by atoms with E-state index in [0.717, 1.165) is 47.9 Å². The molecule has 2 amide bonds. The normalized spacial score (nSPS) is 23.3. The van der Waals surface area contributed by atoms with Gasteiger partial charge in [0.1, 0.15) is 0 Å². The quantitative estimate of drug-likeness (QED) is 0.374. The predicted molar refractivity (Wildman–Crippen MR) is 145 cm³/mol. The van der Waals surface area contributed by atoms with Gasteiger partial charge in [0.2, 0.25) is 11.8 Å². The Kier molecular flexibility index (Phi) is 8.49. The molecule has 202 valence electrons. The van der Waals surface area contributed by atoms with Gasteiger partial charge in [-0.05, 0) is 86.1 Å². The number of aryl methyl sites for hydroxylation is 2. The molecule has 2 aromatic carbocycles. The highest BCUT2D eigenvalue weighted by Gasteiger charge is 2.37. The van der Waals surface area contributed by atoms with Gasteiger partial charge in [0.25, 0.3) is 0 Å². The van der Waals surface area contributed by atoms with Crippen LogP contribution in [-0.4, -0.2) is 34.0 Å². The Balaban J connectivity index is 1.45. The number of amides is 2. The Bertz CT molecular complexity index is 1140. The van der Waals surface area contributed by atoms with E-state index < -0.39 is 35.6 Å². The highest BCUT2D eigenvalue weighted by molar-refractivity contribution is 5.97. The first-order valence-electron chi connectivity index (χ1n) is 13.4. The molecular formula is C30H36N2O6. The summed E-state index contributed by atoms with van der Waals surface area (Å²) in [4.78, 5) is 49.0. The zero-order chi connectivity index (χ0) is 27.4. The van der Waals surface area contributed by atoms with Crippen molar-refractivity contribution in [3.63, 3.8) is 0 Å². The summed E-state index contributed by atoms with van der Waals surface area (Å²) in [6.07, 6.45) is 5.61. The number of hydrogen-bond acceptors (Lipinski definition) is 4. The Labute approximate surface area is 222 Å². The minimum atomic E-state index is -0.910. The fraction of sp³-hybridized carbons (Fsp3) is 0.467. The number of anilines is 2. The first-order chi connectivity index (χ1) is 18.2. The van der Waals surface area contributed by atoms with E-state index in [1.807, 2.05) is 50.2 Å². The van der Waals surface area contributed by atoms with Gasteiger partial charge in [0.05, 0.1) is 23.7 Å². The first-order valence-corrected chi connectivity index (χ1v) is 13.4. The fourth-order valence-corrected chi connectivity index (χ4v) is 5.90. The van der Waals surface area contributed by atoms with Gasteiger partial charge in [-0.3, -0.25) is 19.2 Å². The standard InChI is InChI=1S/C30H36N2O6/c1-17-15-19(11-13-25(17)31-27(33)21-7-3-5-9-23(21)29(35)36)20-12-14-26(18(2)16-20)32-28(34)22-8-4-6-10-24(22)30(37)38/h11-16,21-24H,3-10H2,1-2H3,(H,31,33)(H,32,34)(H,35,36)(H,37,38)/t21-,22-,23-,24-/m0/s1. The summed E-state index contributed by atoms with van der Waals surface area (Å²) in [6.45, 7) is 3.80. The predicted octanol–water partition coefficient (Wildman–Crippen LogP) is 5.63. The molecule has 0 bridgehead atoms. The maximum atomic E-state index is 12.9. The van der Waals surface area contributed by atoms with E-state index >= 15 is 0 Å². The van der Waals surface area contributed by atoms with E-state index in [9.17, 15) is 29.4 Å². The molecule has 0 aromatic heterocycles. The lowest BCUT2D eigenvalue weighted by atomic mass is 9.78. The Hall–Kier alpha value is -3.68. The molecule has 0 saturated heterocycles. The van der Waals surface area contributed by atoms with Gasteiger partial charge >= 0.3 is 11.9 Å². The third-order valence-corrected chi connectivity index (χ3v) is 8.14. The van der Waals surface area contributed by atoms with Crippen molar-refractivity contribution >= 4 is 35.1 Å². The molecule has 2 aliphatic carbocycles. The summed E-state index contributed by atoms with van der Waals surface area (Å²) in [6, 6.07) is 11.4. The van der Waals surface area contributed by atoms with Gasteiger partial charge in [0.15, 0.2) is 0 Å². The third kappa shape index (κ3) is 6.06. The number of carboxylic acid groups (broad SMARTS) is 2. The van der Waals surface area contributed by atoms with Crippen molar-refractivity contribution in [2.24, 2.45) is 23.7 Å². The number of benzene rings is 2. The van der Waals surface area contributed by atoms with Gasteiger partial charge in [-0.2, -0.15) is 0 Å². The highest BCUT2D eigenvalue weighted by Crippen LogP contribution is 2.34. The molecule has 2 fully saturated rings. The molecule has 2 aliphatic rings. The maximum absolute atomic E-state index is 12.9. The summed E-state index contributed by atoms with van der Waals surface area (Å²) in [5.74, 6) is -4.63. The number of carbonyl (C=O) groups is 4. The summed E-state index contributed by atoms with van der Waals surface area (Å²) >= 11 is 0. The average Bonchev–Trinajstić information content (AvgIpc) is 2.90. The molecule has 38 heavy (non-hydrogen) atoms. The van der Waals surface area contributed by atoms with Crippen LogP contribution in [0.2, 0.25) is 0 Å². The Morgan fingerprint density at radius 3 is 1.26 bits per heavy atom. The summed E-state index contributed by atoms with van der Waals surface area (Å²) in [5.41, 5.74) is 4.95. The molecule has 2 saturated carbocycles. The van der Waals surface area contributed by atoms with Crippen molar-refractivity contribution < 1.29 is 29.4 Å². The smallest absolute Gasteiger partial charge is 0.307 e. The lowest BCUT2D eigenvalue weighted by Crippen LogP contribution is -2.36. The van der Waals surface area contributed by atoms with Crippen molar-refractivity contribution in [1.82, 2.24) is 0 Å². The van der Waals surface area contributed by atoms with Crippen LogP contribution in [0.5, 0.6) is 0 Å². The van der Waals surface area contributed by atoms with Crippen LogP contribution in [0.4, 0.5) is 11.4 Å². The van der Waals surface area contributed by atoms with E-state index in [-0.39, 0.29) is 11.8 Å². The first kappa shape index (κ1) is 27.4. The SMILES string of the molecule is Cc1cc(-c2ccc(NC(=O)[C@H]3CCCC[C@@H]3C(=O)O)c(C)c2)ccc1NC(=O)[C@H]1CCCC[C@@H]1C(=O)O. The summed E-state index contributed by atoms with van der Waals surface area (Å²) in [7, 11) is 0. The number of aliphatic carboxylic acids is 2. The molecule has 4 N–H and O–H groups in total. The summed E-state index contributed by atoms with van der Waals surface area (Å²) < 4.78 is 0. The second-order valence-electron chi connectivity index (χ2n) is 10.7. The number of rotatable bonds is 7. The highest BCUT2D eigenvalue weighted by atomic mass is 16.4. The van der Waals surface area contributed by atoms with Crippen LogP contribution in [0.15, 0.2) is 36.4 Å². The van der Waals surface area contributed by atoms with Crippen LogP contribution in [0.3, 0.4) is 0 Å². The number of hydrogen-bond donors (Lipinski definition) is 4. The molecule has 0 aliphatic heterocycles. The zero-order valence-corrected chi connectivity index (χ0v) is 22.0. The van der Waals surface area contributed by atoms with Crippen molar-refractivity contribution in [3.8, 4) is 11.1 Å². The summed E-state index contributed by atoms with van der Waals surface area (Å²) in [5, 5.41) is 24.9. The van der Waals surface area contributed by atoms with E-state index in [1.54, 1.807) is 0 Å². The molecule has 2 aromatic rings. The molecule has 0 spiro atoms. The molecule has 8 nitrogen and oxygen atoms in total. The molecule has 0 unspecified atom stereocenters. The van der Waals surface area contributed by atoms with Crippen molar-refractivity contribution in [2.45, 2.75) is 65.2 Å². The maximum Gasteiger partial charge on any atom is 0.307 e. The largest absolute Gasteiger partial charge is 0.481 e. The van der Waals surface area contributed by atoms with Crippen LogP contribution in [0.1, 0.15) is 62.5 Å². The average molecular weight is 521 g/mol. The zero-order valence-electron chi connectivity index (χ0n) is 22.0. The van der Waals surface area contributed by atoms with Crippen LogP contribution in [0.25, 0.3) is 11.1 Å². The van der Waals surface area contributed by atoms with E-state index in [2.05, 4.69) is 10.6 Å². The number of carboxylic acids is 2. The van der Waals surface area contributed by atoms with Gasteiger partial charge in [-0.1, -0.05) is 37.8 Å². The molecule has 8 heteroatoms. The van der Waals surface area contributed by atoms with Crippen LogP contribution >= 0.6 is 0 Å². The van der Waals surface area contributed by atoms with Crippen LogP contribution < -0.4 is 10.6 Å². The lowest BCUT2D eigenvalue weighted by Gasteiger charge is -2.27. The lowest BCUT2D eigenvalue weighted by molar-refractivity contribution is -0.148. The van der Waals surface area contributed by atoms with Gasteiger partial charge in [-0.25, -0.2) is 0 Å². The van der Waals surface area contributed by atoms with Gasteiger partial charge in [0, 0.05) is 11.4 Å². The van der Waals surface area contributed by atoms with Gasteiger partial charge < -0.3 is 20.8 Å². The topological polar surface area (TPSA) is 133 Å². The second-order valence-corrected chi connectivity index (χ2v) is 10.7. The minimum absolute atomic E-state index is 0.244. The van der Waals surface area contributed by atoms with Crippen LogP contribution in [-0.2, 0) is 19.2 Å². The molecular weight excluding hydrogens is 484 g/mol. The Morgan fingerprint density at radius 2 is 0.947 bits per heavy atom. The van der Waals surface area contributed by atoms with Gasteiger partial charge in [-0.15, -0.1) is 0 Å². The molecule has 4 rings (SSSR count). The third-order valence-electron chi connectivity index (χ3n) is 8.14. The van der Waals surface area contributed by atoms with E-state index in [1.165, 1.54) is 0 Å². The van der Waals surface area contributed by atoms with E-state index in [0.29, 0.717) is 37.1 Å². The number of carbonyl (C=O) groups excluding carboxylic acids is 2. The van der Waals surface area contributed by atoms with Crippen molar-refractivity contribution in [1.29, 1.82) is 0 Å². The molecule has 4 atom stereocenters. The molecule has 0 radical (unpaired) electrons.